The molecule has 7 heteroatoms. The van der Waals surface area contributed by atoms with Gasteiger partial charge in [-0.25, -0.2) is 8.78 Å². The van der Waals surface area contributed by atoms with E-state index in [9.17, 15) is 17.6 Å². The Morgan fingerprint density at radius 1 is 1.36 bits per heavy atom. The third-order valence-electron chi connectivity index (χ3n) is 0.247. The summed E-state index contributed by atoms with van der Waals surface area (Å²) in [6.45, 7) is 2.22. The smallest absolute Gasteiger partial charge is 0.223 e. The third-order valence-corrected chi connectivity index (χ3v) is 1.15. The van der Waals surface area contributed by atoms with Gasteiger partial charge in [0.25, 0.3) is 6.08 Å². The molecular weight excluding hydrogens is 230 g/mol. The maximum absolute atomic E-state index is 11.5. The summed E-state index contributed by atoms with van der Waals surface area (Å²) in [6.07, 6.45) is -1.83. The van der Waals surface area contributed by atoms with Crippen molar-refractivity contribution in [2.45, 2.75) is 10.2 Å². The van der Waals surface area contributed by atoms with Gasteiger partial charge in [-0.15, -0.1) is 0 Å². The van der Waals surface area contributed by atoms with Gasteiger partial charge in [-0.1, -0.05) is 34.8 Å². The molecule has 0 nitrogen and oxygen atoms in total. The Morgan fingerprint density at radius 3 is 1.45 bits per heavy atom. The summed E-state index contributed by atoms with van der Waals surface area (Å²) in [5.74, 6) is 0. The molecule has 0 rings (SSSR count). The van der Waals surface area contributed by atoms with Crippen LogP contribution >= 0.6 is 34.8 Å². The van der Waals surface area contributed by atoms with Gasteiger partial charge in [0, 0.05) is 0 Å². The van der Waals surface area contributed by atoms with E-state index in [2.05, 4.69) is 41.4 Å². The van der Waals surface area contributed by atoms with Crippen molar-refractivity contribution in [1.82, 2.24) is 0 Å². The van der Waals surface area contributed by atoms with Crippen molar-refractivity contribution in [2.24, 2.45) is 0 Å². The van der Waals surface area contributed by atoms with E-state index in [1.165, 1.54) is 0 Å². The molecule has 0 saturated carbocycles. The van der Waals surface area contributed by atoms with E-state index in [1.807, 2.05) is 0 Å². The summed E-state index contributed by atoms with van der Waals surface area (Å²) in [5, 5.41) is 0. The van der Waals surface area contributed by atoms with E-state index in [1.54, 1.807) is 0 Å². The van der Waals surface area contributed by atoms with Gasteiger partial charge < -0.3 is 0 Å². The lowest BCUT2D eigenvalue weighted by Crippen LogP contribution is -2.14. The Hall–Kier alpha value is 0.330. The van der Waals surface area contributed by atoms with Crippen molar-refractivity contribution in [1.29, 1.82) is 0 Å². The molecule has 0 spiro atoms. The molecule has 0 aliphatic rings. The predicted octanol–water partition coefficient (Wildman–Crippen LogP) is 4.02. The Bertz CT molecular complexity index is 115. The SMILES string of the molecule is C=C(F)F.FC(Cl)C(F)(Cl)Cl. The molecule has 0 N–H and O–H groups in total. The molecule has 0 saturated heterocycles. The number of halogens is 7. The molecule has 0 fully saturated rings. The van der Waals surface area contributed by atoms with Crippen molar-refractivity contribution in [3.8, 4) is 0 Å². The summed E-state index contributed by atoms with van der Waals surface area (Å²) < 4.78 is 40.2. The van der Waals surface area contributed by atoms with Crippen molar-refractivity contribution < 1.29 is 17.6 Å². The van der Waals surface area contributed by atoms with Crippen LogP contribution in [0, 0.1) is 0 Å². The first kappa shape index (κ1) is 13.9. The molecule has 0 aromatic carbocycles. The van der Waals surface area contributed by atoms with Crippen LogP contribution in [-0.4, -0.2) is 10.2 Å². The highest BCUT2D eigenvalue weighted by atomic mass is 35.5. The quantitative estimate of drug-likeness (QED) is 0.474. The van der Waals surface area contributed by atoms with Crippen LogP contribution in [0.3, 0.4) is 0 Å². The van der Waals surface area contributed by atoms with Crippen molar-refractivity contribution in [2.75, 3.05) is 0 Å². The summed E-state index contributed by atoms with van der Waals surface area (Å²) in [5.41, 5.74) is -2.36. The first-order valence-electron chi connectivity index (χ1n) is 2.02. The second kappa shape index (κ2) is 5.91. The van der Waals surface area contributed by atoms with E-state index in [0.29, 0.717) is 0 Å². The van der Waals surface area contributed by atoms with Crippen molar-refractivity contribution in [3.05, 3.63) is 12.7 Å². The number of hydrogen-bond donors (Lipinski definition) is 0. The number of alkyl halides is 5. The Morgan fingerprint density at radius 2 is 1.45 bits per heavy atom. The average molecular weight is 233 g/mol. The van der Waals surface area contributed by atoms with Crippen LogP contribution in [0.4, 0.5) is 17.6 Å². The van der Waals surface area contributed by atoms with Crippen LogP contribution in [-0.2, 0) is 0 Å². The summed E-state index contributed by atoms with van der Waals surface area (Å²) in [6, 6.07) is 0. The molecule has 0 aromatic rings. The van der Waals surface area contributed by atoms with E-state index >= 15 is 0 Å². The largest absolute Gasteiger partial charge is 0.302 e. The van der Waals surface area contributed by atoms with E-state index in [4.69, 9.17) is 0 Å². The fourth-order valence-corrected chi connectivity index (χ4v) is 0. The lowest BCUT2D eigenvalue weighted by molar-refractivity contribution is 0.269. The predicted molar refractivity (Wildman–Crippen MR) is 37.7 cm³/mol. The first-order valence-corrected chi connectivity index (χ1v) is 3.22. The Balaban J connectivity index is 0. The first-order chi connectivity index (χ1) is 4.68. The normalized spacial score (nSPS) is 13.0. The van der Waals surface area contributed by atoms with E-state index < -0.39 is 16.3 Å². The highest BCUT2D eigenvalue weighted by Gasteiger charge is 2.32. The van der Waals surface area contributed by atoms with Gasteiger partial charge >= 0.3 is 4.59 Å². The summed E-state index contributed by atoms with van der Waals surface area (Å²) in [7, 11) is 0. The third kappa shape index (κ3) is 17.9. The van der Waals surface area contributed by atoms with Gasteiger partial charge in [-0.05, 0) is 6.58 Å². The topological polar surface area (TPSA) is 0 Å². The molecule has 0 bridgehead atoms. The maximum Gasteiger partial charge on any atom is 0.302 e. The molecule has 1 atom stereocenters. The van der Waals surface area contributed by atoms with Crippen molar-refractivity contribution >= 4 is 34.8 Å². The van der Waals surface area contributed by atoms with Crippen molar-refractivity contribution in [3.63, 3.8) is 0 Å². The maximum atomic E-state index is 11.5. The van der Waals surface area contributed by atoms with Gasteiger partial charge in [-0.2, -0.15) is 8.78 Å². The standard InChI is InChI=1S/C2HCl3F2.C2H2F2/c3-1(6)2(4,5)7;1-2(3)4/h1H;1H2. The molecule has 0 heterocycles. The second-order valence-corrected chi connectivity index (χ2v) is 2.86. The molecule has 11 heavy (non-hydrogen) atoms. The van der Waals surface area contributed by atoms with Gasteiger partial charge in [0.05, 0.1) is 0 Å². The minimum Gasteiger partial charge on any atom is -0.223 e. The average Bonchev–Trinajstić information content (AvgIpc) is 1.59. The second-order valence-electron chi connectivity index (χ2n) is 1.18. The van der Waals surface area contributed by atoms with Gasteiger partial charge in [-0.3, -0.25) is 0 Å². The fourth-order valence-electron chi connectivity index (χ4n) is 0. The van der Waals surface area contributed by atoms with Gasteiger partial charge in [0.2, 0.25) is 5.63 Å². The van der Waals surface area contributed by atoms with Crippen LogP contribution in [0.15, 0.2) is 12.7 Å². The zero-order chi connectivity index (χ0) is 9.65. The Kier molecular flexibility index (Phi) is 7.47. The highest BCUT2D eigenvalue weighted by molar-refractivity contribution is 6.50. The Labute approximate surface area is 75.7 Å². The lowest BCUT2D eigenvalue weighted by Gasteiger charge is -2.05. The van der Waals surface area contributed by atoms with Gasteiger partial charge in [0.1, 0.15) is 0 Å². The molecule has 1 unspecified atom stereocenters. The molecule has 0 aliphatic heterocycles. The zero-order valence-electron chi connectivity index (χ0n) is 4.93. The summed E-state index contributed by atoms with van der Waals surface area (Å²) in [4.78, 5) is 0. The fraction of sp³-hybridized carbons (Fsp3) is 0.500. The van der Waals surface area contributed by atoms with E-state index in [-0.39, 0.29) is 0 Å². The number of rotatable bonds is 1. The van der Waals surface area contributed by atoms with Crippen LogP contribution in [0.5, 0.6) is 0 Å². The van der Waals surface area contributed by atoms with Crippen LogP contribution in [0.2, 0.25) is 0 Å². The molecule has 0 amide bonds. The van der Waals surface area contributed by atoms with E-state index in [0.717, 1.165) is 0 Å². The molecular formula is C4H3Cl3F4. The summed E-state index contributed by atoms with van der Waals surface area (Å²) >= 11 is 13.4. The molecule has 68 valence electrons. The molecule has 0 radical (unpaired) electrons. The van der Waals surface area contributed by atoms with Gasteiger partial charge in [0.15, 0.2) is 0 Å². The van der Waals surface area contributed by atoms with Crippen LogP contribution < -0.4 is 0 Å². The van der Waals surface area contributed by atoms with Crippen LogP contribution in [0.1, 0.15) is 0 Å². The lowest BCUT2D eigenvalue weighted by atomic mass is 10.8. The molecule has 0 aliphatic carbocycles. The molecule has 0 aromatic heterocycles. The zero-order valence-corrected chi connectivity index (χ0v) is 7.20. The minimum absolute atomic E-state index is 1.83. The minimum atomic E-state index is -2.96. The highest BCUT2D eigenvalue weighted by Crippen LogP contribution is 2.31. The monoisotopic (exact) mass is 232 g/mol. The van der Waals surface area contributed by atoms with Crippen LogP contribution in [0.25, 0.3) is 0 Å². The number of hydrogen-bond acceptors (Lipinski definition) is 0.